The minimum atomic E-state index is -1.07. The van der Waals surface area contributed by atoms with Gasteiger partial charge in [-0.3, -0.25) is 4.98 Å². The number of carboxylic acids is 1. The number of aromatic carboxylic acids is 1. The van der Waals surface area contributed by atoms with E-state index in [9.17, 15) is 15.2 Å². The van der Waals surface area contributed by atoms with Crippen molar-refractivity contribution in [2.24, 2.45) is 11.3 Å². The maximum atomic E-state index is 12.2. The summed E-state index contributed by atoms with van der Waals surface area (Å²) < 4.78 is 0. The second-order valence-electron chi connectivity index (χ2n) is 8.39. The van der Waals surface area contributed by atoms with E-state index in [0.717, 1.165) is 0 Å². The predicted octanol–water partition coefficient (Wildman–Crippen LogP) is 5.76. The van der Waals surface area contributed by atoms with E-state index < -0.39 is 5.97 Å². The lowest BCUT2D eigenvalue weighted by atomic mass is 9.84. The molecule has 0 aliphatic heterocycles. The van der Waals surface area contributed by atoms with E-state index in [1.165, 1.54) is 0 Å². The summed E-state index contributed by atoms with van der Waals surface area (Å²) in [5.41, 5.74) is 2.63. The average molecular weight is 385 g/mol. The summed E-state index contributed by atoms with van der Waals surface area (Å²) in [4.78, 5) is 16.8. The topological polar surface area (TPSA) is 74.0 Å². The van der Waals surface area contributed by atoms with Crippen molar-refractivity contribution in [3.63, 3.8) is 0 Å². The molecule has 0 radical (unpaired) electrons. The number of hydrogen-bond donors (Lipinski definition) is 1. The smallest absolute Gasteiger partial charge is 0.338 e. The number of aromatic nitrogens is 1. The summed E-state index contributed by atoms with van der Waals surface area (Å²) in [5.74, 6) is -0.828. The largest absolute Gasteiger partial charge is 0.478 e. The standard InChI is InChI=1S/C22H25ClN2O2/c1-13(2)10-17-20(21(26)27)19(14-6-8-15(23)9-7-14)16(12-24)18(25-17)11-22(3,4)5/h6-9,13H,10-11H2,1-5H3,(H,26,27). The molecule has 0 unspecified atom stereocenters. The Bertz CT molecular complexity index is 888. The monoisotopic (exact) mass is 384 g/mol. The van der Waals surface area contributed by atoms with E-state index in [2.05, 4.69) is 31.8 Å². The van der Waals surface area contributed by atoms with Crippen molar-refractivity contribution in [3.8, 4) is 17.2 Å². The number of hydrogen-bond acceptors (Lipinski definition) is 3. The summed E-state index contributed by atoms with van der Waals surface area (Å²) in [6.07, 6.45) is 1.12. The van der Waals surface area contributed by atoms with E-state index in [0.29, 0.717) is 45.9 Å². The highest BCUT2D eigenvalue weighted by molar-refractivity contribution is 6.30. The molecule has 0 amide bonds. The Kier molecular flexibility index (Phi) is 6.28. The molecule has 142 valence electrons. The van der Waals surface area contributed by atoms with Gasteiger partial charge in [0.15, 0.2) is 0 Å². The van der Waals surface area contributed by atoms with Gasteiger partial charge in [0.25, 0.3) is 0 Å². The molecule has 0 aliphatic carbocycles. The normalized spacial score (nSPS) is 11.5. The summed E-state index contributed by atoms with van der Waals surface area (Å²) >= 11 is 6.00. The van der Waals surface area contributed by atoms with Crippen LogP contribution in [0.15, 0.2) is 24.3 Å². The molecule has 0 fully saturated rings. The van der Waals surface area contributed by atoms with Crippen LogP contribution in [0.4, 0.5) is 0 Å². The van der Waals surface area contributed by atoms with Gasteiger partial charge in [0.1, 0.15) is 6.07 Å². The van der Waals surface area contributed by atoms with Gasteiger partial charge in [0.05, 0.1) is 22.5 Å². The Hall–Kier alpha value is -2.38. The fourth-order valence-electron chi connectivity index (χ4n) is 3.11. The molecule has 0 saturated carbocycles. The zero-order valence-corrected chi connectivity index (χ0v) is 17.2. The molecule has 27 heavy (non-hydrogen) atoms. The predicted molar refractivity (Wildman–Crippen MR) is 108 cm³/mol. The Morgan fingerprint density at radius 3 is 2.26 bits per heavy atom. The number of nitriles is 1. The van der Waals surface area contributed by atoms with Crippen LogP contribution in [0.2, 0.25) is 5.02 Å². The fraction of sp³-hybridized carbons (Fsp3) is 0.409. The molecule has 4 nitrogen and oxygen atoms in total. The van der Waals surface area contributed by atoms with E-state index >= 15 is 0 Å². The number of benzene rings is 1. The highest BCUT2D eigenvalue weighted by Gasteiger charge is 2.27. The molecule has 1 aromatic heterocycles. The average Bonchev–Trinajstić information content (AvgIpc) is 2.52. The van der Waals surface area contributed by atoms with E-state index in [-0.39, 0.29) is 16.9 Å². The SMILES string of the molecule is CC(C)Cc1nc(CC(C)(C)C)c(C#N)c(-c2ccc(Cl)cc2)c1C(=O)O. The Balaban J connectivity index is 2.90. The second-order valence-corrected chi connectivity index (χ2v) is 8.83. The zero-order valence-electron chi connectivity index (χ0n) is 16.4. The molecule has 0 aliphatic rings. The van der Waals surface area contributed by atoms with Crippen molar-refractivity contribution in [2.75, 3.05) is 0 Å². The van der Waals surface area contributed by atoms with Crippen LogP contribution < -0.4 is 0 Å². The molecule has 0 atom stereocenters. The molecule has 2 aromatic rings. The third-order valence-electron chi connectivity index (χ3n) is 4.11. The van der Waals surface area contributed by atoms with E-state index in [1.807, 2.05) is 13.8 Å². The van der Waals surface area contributed by atoms with Crippen LogP contribution in [-0.2, 0) is 12.8 Å². The van der Waals surface area contributed by atoms with Gasteiger partial charge in [0, 0.05) is 10.6 Å². The second kappa shape index (κ2) is 8.10. The molecular weight excluding hydrogens is 360 g/mol. The molecule has 1 aromatic carbocycles. The maximum absolute atomic E-state index is 12.2. The fourth-order valence-corrected chi connectivity index (χ4v) is 3.23. The number of carbonyl (C=O) groups is 1. The van der Waals surface area contributed by atoms with Gasteiger partial charge in [0.2, 0.25) is 0 Å². The van der Waals surface area contributed by atoms with Gasteiger partial charge in [-0.05, 0) is 41.9 Å². The summed E-state index contributed by atoms with van der Waals surface area (Å²) in [7, 11) is 0. The lowest BCUT2D eigenvalue weighted by molar-refractivity contribution is 0.0695. The van der Waals surface area contributed by atoms with E-state index in [1.54, 1.807) is 24.3 Å². The van der Waals surface area contributed by atoms with Gasteiger partial charge in [-0.1, -0.05) is 58.4 Å². The van der Waals surface area contributed by atoms with Crippen LogP contribution >= 0.6 is 11.6 Å². The van der Waals surface area contributed by atoms with Crippen LogP contribution in [0.5, 0.6) is 0 Å². The van der Waals surface area contributed by atoms with Gasteiger partial charge in [-0.2, -0.15) is 5.26 Å². The zero-order chi connectivity index (χ0) is 20.4. The first-order chi connectivity index (χ1) is 12.5. The first kappa shape index (κ1) is 20.9. The molecule has 0 saturated heterocycles. The summed E-state index contributed by atoms with van der Waals surface area (Å²) in [6, 6.07) is 9.13. The first-order valence-electron chi connectivity index (χ1n) is 8.98. The van der Waals surface area contributed by atoms with Gasteiger partial charge in [-0.15, -0.1) is 0 Å². The quantitative estimate of drug-likeness (QED) is 0.711. The maximum Gasteiger partial charge on any atom is 0.338 e. The molecule has 1 N–H and O–H groups in total. The molecule has 2 rings (SSSR count). The number of pyridine rings is 1. The molecule has 1 heterocycles. The van der Waals surface area contributed by atoms with Crippen molar-refractivity contribution in [2.45, 2.75) is 47.5 Å². The van der Waals surface area contributed by atoms with Crippen molar-refractivity contribution in [3.05, 3.63) is 51.8 Å². The lowest BCUT2D eigenvalue weighted by Gasteiger charge is -2.22. The molecule has 0 spiro atoms. The molecular formula is C22H25ClN2O2. The summed E-state index contributed by atoms with van der Waals surface area (Å²) in [5, 5.41) is 20.4. The molecule has 0 bridgehead atoms. The highest BCUT2D eigenvalue weighted by atomic mass is 35.5. The van der Waals surface area contributed by atoms with Crippen molar-refractivity contribution in [1.29, 1.82) is 5.26 Å². The van der Waals surface area contributed by atoms with Crippen molar-refractivity contribution in [1.82, 2.24) is 4.98 Å². The van der Waals surface area contributed by atoms with Crippen LogP contribution in [0.3, 0.4) is 0 Å². The van der Waals surface area contributed by atoms with Crippen molar-refractivity contribution >= 4 is 17.6 Å². The van der Waals surface area contributed by atoms with Crippen LogP contribution in [-0.4, -0.2) is 16.1 Å². The van der Waals surface area contributed by atoms with Gasteiger partial charge < -0.3 is 5.11 Å². The first-order valence-corrected chi connectivity index (χ1v) is 9.36. The number of rotatable bonds is 5. The van der Waals surface area contributed by atoms with Crippen LogP contribution in [0.1, 0.15) is 61.9 Å². The molecule has 5 heteroatoms. The van der Waals surface area contributed by atoms with Crippen LogP contribution in [0.25, 0.3) is 11.1 Å². The van der Waals surface area contributed by atoms with Gasteiger partial charge in [-0.25, -0.2) is 4.79 Å². The Morgan fingerprint density at radius 1 is 1.22 bits per heavy atom. The Labute approximate surface area is 165 Å². The lowest BCUT2D eigenvalue weighted by Crippen LogP contribution is -2.18. The van der Waals surface area contributed by atoms with Crippen molar-refractivity contribution < 1.29 is 9.90 Å². The Morgan fingerprint density at radius 2 is 1.81 bits per heavy atom. The minimum absolute atomic E-state index is 0.0876. The number of halogens is 1. The summed E-state index contributed by atoms with van der Waals surface area (Å²) in [6.45, 7) is 10.3. The van der Waals surface area contributed by atoms with E-state index in [4.69, 9.17) is 11.6 Å². The van der Waals surface area contributed by atoms with Gasteiger partial charge >= 0.3 is 5.97 Å². The number of nitrogens with zero attached hydrogens (tertiary/aromatic N) is 2. The highest BCUT2D eigenvalue weighted by Crippen LogP contribution is 2.35. The third kappa shape index (κ3) is 5.08. The van der Waals surface area contributed by atoms with Crippen LogP contribution in [0, 0.1) is 22.7 Å². The number of carboxylic acid groups (broad SMARTS) is 1. The minimum Gasteiger partial charge on any atom is -0.478 e. The third-order valence-corrected chi connectivity index (χ3v) is 4.36.